The number of Topliss-reactive ketones (excluding diaryl/α,β-unsaturated/α-hetero) is 1. The second-order valence-corrected chi connectivity index (χ2v) is 17.4. The molecule has 16 atom stereocenters. The number of fused-ring (bicyclic) bond motifs is 7. The minimum absolute atomic E-state index is 0.0826. The fraction of sp³-hybridized carbons (Fsp3) is 0.946. The molecule has 5 N–H and O–H groups in total. The lowest BCUT2D eigenvalue weighted by molar-refractivity contribution is -0.749. The molecule has 8 fully saturated rings. The number of hydrogen-bond donors (Lipinski definition) is 3. The molecule has 9 nitrogen and oxygen atoms in total. The average molecular weight is 644 g/mol. The quantitative estimate of drug-likeness (QED) is 0.315. The van der Waals surface area contributed by atoms with Crippen LogP contribution in [0.2, 0.25) is 0 Å². The van der Waals surface area contributed by atoms with Gasteiger partial charge in [-0.1, -0.05) is 19.3 Å². The molecule has 9 heteroatoms. The fourth-order valence-electron chi connectivity index (χ4n) is 12.4. The summed E-state index contributed by atoms with van der Waals surface area (Å²) in [6.07, 6.45) is 13.4. The van der Waals surface area contributed by atoms with Gasteiger partial charge in [-0.15, -0.1) is 0 Å². The summed E-state index contributed by atoms with van der Waals surface area (Å²) in [5.41, 5.74) is 5.07. The van der Waals surface area contributed by atoms with Crippen LogP contribution in [0.25, 0.3) is 0 Å². The molecule has 5 saturated heterocycles. The SMILES string of the molecule is CC1CC(=O)C2C(CC3OC(C)(C)C4OC(=O)C5(CCCCC4C3C2O)OC5CCC2CC(N)[NH2+]C3C4CCCCC4CCC23)O1. The summed E-state index contributed by atoms with van der Waals surface area (Å²) in [6.45, 7) is 5.95. The van der Waals surface area contributed by atoms with Gasteiger partial charge in [0.15, 0.2) is 5.60 Å². The number of rotatable bonds is 3. The summed E-state index contributed by atoms with van der Waals surface area (Å²) in [6, 6.07) is 0.662. The molecule has 0 radical (unpaired) electrons. The van der Waals surface area contributed by atoms with Crippen molar-refractivity contribution in [1.29, 1.82) is 0 Å². The third-order valence-corrected chi connectivity index (χ3v) is 14.4. The van der Waals surface area contributed by atoms with Crippen LogP contribution in [-0.4, -0.2) is 76.9 Å². The molecule has 0 aromatic carbocycles. The molecule has 0 aromatic heterocycles. The fourth-order valence-corrected chi connectivity index (χ4v) is 12.4. The lowest BCUT2D eigenvalue weighted by Gasteiger charge is -2.57. The molecular weight excluding hydrogens is 584 g/mol. The summed E-state index contributed by atoms with van der Waals surface area (Å²) >= 11 is 0. The van der Waals surface area contributed by atoms with Crippen molar-refractivity contribution in [1.82, 2.24) is 0 Å². The predicted molar refractivity (Wildman–Crippen MR) is 169 cm³/mol. The van der Waals surface area contributed by atoms with Crippen molar-refractivity contribution < 1.29 is 39.0 Å². The van der Waals surface area contributed by atoms with Crippen molar-refractivity contribution >= 4 is 11.8 Å². The lowest BCUT2D eigenvalue weighted by atomic mass is 9.59. The molecule has 46 heavy (non-hydrogen) atoms. The van der Waals surface area contributed by atoms with Crippen molar-refractivity contribution in [2.75, 3.05) is 0 Å². The number of ketones is 1. The molecule has 8 rings (SSSR count). The van der Waals surface area contributed by atoms with Crippen LogP contribution in [0.1, 0.15) is 117 Å². The summed E-state index contributed by atoms with van der Waals surface area (Å²) in [5.74, 6) is 1.98. The Morgan fingerprint density at radius 2 is 1.70 bits per heavy atom. The summed E-state index contributed by atoms with van der Waals surface area (Å²) < 4.78 is 25.7. The van der Waals surface area contributed by atoms with Gasteiger partial charge >= 0.3 is 5.97 Å². The molecule has 5 aliphatic heterocycles. The van der Waals surface area contributed by atoms with E-state index in [0.717, 1.165) is 56.3 Å². The van der Waals surface area contributed by atoms with Gasteiger partial charge in [-0.25, -0.2) is 4.79 Å². The van der Waals surface area contributed by atoms with Crippen LogP contribution in [0, 0.1) is 41.4 Å². The van der Waals surface area contributed by atoms with Gasteiger partial charge in [0.2, 0.25) is 0 Å². The van der Waals surface area contributed by atoms with Gasteiger partial charge in [0, 0.05) is 42.9 Å². The van der Waals surface area contributed by atoms with Gasteiger partial charge < -0.3 is 29.4 Å². The van der Waals surface area contributed by atoms with Gasteiger partial charge in [0.25, 0.3) is 0 Å². The van der Waals surface area contributed by atoms with Crippen LogP contribution in [0.3, 0.4) is 0 Å². The Morgan fingerprint density at radius 3 is 2.54 bits per heavy atom. The number of aliphatic hydroxyl groups is 1. The minimum atomic E-state index is -0.870. The number of carbonyl (C=O) groups excluding carboxylic acids is 2. The first-order valence-corrected chi connectivity index (χ1v) is 19.1. The molecule has 0 bridgehead atoms. The molecule has 8 aliphatic rings. The lowest BCUT2D eigenvalue weighted by Crippen LogP contribution is -3.02. The molecule has 1 spiro atoms. The highest BCUT2D eigenvalue weighted by atomic mass is 16.7. The largest absolute Gasteiger partial charge is 0.457 e. The van der Waals surface area contributed by atoms with Gasteiger partial charge in [-0.05, 0) is 90.4 Å². The van der Waals surface area contributed by atoms with Gasteiger partial charge in [0.1, 0.15) is 23.7 Å². The van der Waals surface area contributed by atoms with E-state index in [0.29, 0.717) is 31.2 Å². The Labute approximate surface area is 274 Å². The van der Waals surface area contributed by atoms with Crippen molar-refractivity contribution in [3.8, 4) is 0 Å². The highest BCUT2D eigenvalue weighted by Crippen LogP contribution is 2.54. The first kappa shape index (κ1) is 32.1. The van der Waals surface area contributed by atoms with E-state index < -0.39 is 29.3 Å². The first-order valence-electron chi connectivity index (χ1n) is 19.1. The number of piperidine rings is 1. The number of epoxide rings is 1. The van der Waals surface area contributed by atoms with E-state index in [1.807, 2.05) is 20.8 Å². The topological polar surface area (TPSA) is 137 Å². The van der Waals surface area contributed by atoms with E-state index in [1.54, 1.807) is 0 Å². The normalized spacial score (nSPS) is 53.2. The maximum absolute atomic E-state index is 14.1. The number of carbonyl (C=O) groups is 2. The van der Waals surface area contributed by atoms with Crippen molar-refractivity contribution in [3.05, 3.63) is 0 Å². The van der Waals surface area contributed by atoms with Crippen molar-refractivity contribution in [2.24, 2.45) is 47.2 Å². The molecule has 0 aromatic rings. The second-order valence-electron chi connectivity index (χ2n) is 17.4. The highest BCUT2D eigenvalue weighted by molar-refractivity contribution is 5.84. The van der Waals surface area contributed by atoms with Crippen LogP contribution in [0.5, 0.6) is 0 Å². The Hall–Kier alpha value is -1.10. The first-order chi connectivity index (χ1) is 22.1. The third kappa shape index (κ3) is 5.42. The zero-order chi connectivity index (χ0) is 32.0. The highest BCUT2D eigenvalue weighted by Gasteiger charge is 2.66. The van der Waals surface area contributed by atoms with E-state index in [9.17, 15) is 14.7 Å². The van der Waals surface area contributed by atoms with Crippen LogP contribution < -0.4 is 11.1 Å². The minimum Gasteiger partial charge on any atom is -0.457 e. The summed E-state index contributed by atoms with van der Waals surface area (Å²) in [7, 11) is 0. The Morgan fingerprint density at radius 1 is 0.913 bits per heavy atom. The smallest absolute Gasteiger partial charge is 0.341 e. The monoisotopic (exact) mass is 643 g/mol. The Balaban J connectivity index is 0.956. The van der Waals surface area contributed by atoms with E-state index in [2.05, 4.69) is 5.32 Å². The zero-order valence-electron chi connectivity index (χ0n) is 28.3. The number of nitrogens with two attached hydrogens (primary N) is 2. The van der Waals surface area contributed by atoms with E-state index in [1.165, 1.54) is 38.5 Å². The Bertz CT molecular complexity index is 1180. The number of quaternary nitrogens is 1. The second kappa shape index (κ2) is 12.0. The van der Waals surface area contributed by atoms with E-state index >= 15 is 0 Å². The van der Waals surface area contributed by atoms with Gasteiger partial charge in [-0.2, -0.15) is 0 Å². The van der Waals surface area contributed by atoms with Crippen LogP contribution in [0.4, 0.5) is 0 Å². The number of aliphatic hydroxyl groups excluding tert-OH is 1. The molecule has 5 heterocycles. The number of hydrogen-bond acceptors (Lipinski definition) is 8. The van der Waals surface area contributed by atoms with E-state index in [-0.39, 0.29) is 54.2 Å². The number of esters is 1. The maximum Gasteiger partial charge on any atom is 0.341 e. The maximum atomic E-state index is 14.1. The van der Waals surface area contributed by atoms with E-state index in [4.69, 9.17) is 24.7 Å². The predicted octanol–water partition coefficient (Wildman–Crippen LogP) is 3.38. The van der Waals surface area contributed by atoms with Crippen molar-refractivity contribution in [2.45, 2.75) is 177 Å². The molecule has 0 amide bonds. The summed E-state index contributed by atoms with van der Waals surface area (Å²) in [5, 5.41) is 14.2. The van der Waals surface area contributed by atoms with Gasteiger partial charge in [0.05, 0.1) is 42.5 Å². The molecule has 3 aliphatic carbocycles. The standard InChI is InChI=1S/C37H58N2O7/c1-19-16-25(40)31-26(43-19)18-27-30(33(31)41)24-10-6-7-15-37(35(42)44-34(24)36(2,3)45-27)28(46-37)14-12-21-17-29(38)39-32-22-9-5-4-8-20(22)11-13-23(21)32/h19-24,26-34,39,41H,4-18,38H2,1-3H3/p+1. The van der Waals surface area contributed by atoms with Crippen LogP contribution >= 0.6 is 0 Å². The number of ether oxygens (including phenoxy) is 4. The average Bonchev–Trinajstić information content (AvgIpc) is 3.71. The van der Waals surface area contributed by atoms with Crippen molar-refractivity contribution in [3.63, 3.8) is 0 Å². The third-order valence-electron chi connectivity index (χ3n) is 14.4. The van der Waals surface area contributed by atoms with Crippen LogP contribution in [0.15, 0.2) is 0 Å². The Kier molecular flexibility index (Phi) is 8.41. The molecule has 16 unspecified atom stereocenters. The molecular formula is C37H59N2O7+. The summed E-state index contributed by atoms with van der Waals surface area (Å²) in [4.78, 5) is 27.3. The molecule has 258 valence electrons. The van der Waals surface area contributed by atoms with Crippen LogP contribution in [-0.2, 0) is 28.5 Å². The van der Waals surface area contributed by atoms with Gasteiger partial charge in [-0.3, -0.25) is 10.5 Å². The zero-order valence-corrected chi connectivity index (χ0v) is 28.3. The molecule has 3 saturated carbocycles.